The van der Waals surface area contributed by atoms with E-state index in [1.807, 2.05) is 83.7 Å². The van der Waals surface area contributed by atoms with E-state index < -0.39 is 17.1 Å². The molecule has 41 heavy (non-hydrogen) atoms. The van der Waals surface area contributed by atoms with Gasteiger partial charge in [0.05, 0.1) is 32.9 Å². The molecule has 0 aliphatic carbocycles. The number of aromatic nitrogens is 4. The molecule has 0 saturated heterocycles. The van der Waals surface area contributed by atoms with Crippen LogP contribution >= 0.6 is 22.9 Å². The van der Waals surface area contributed by atoms with Crippen LogP contribution in [-0.4, -0.2) is 37.9 Å². The first-order chi connectivity index (χ1) is 19.2. The molecule has 0 amide bonds. The SMILES string of the molecule is Cc1cc2nc(-c3cnc4cnn(C)c4c3)sc2c(-c2ccc(Cl)cc2)c1[C@H](COC(=O)C(C)(C)C)OC(C)(C)C. The maximum Gasteiger partial charge on any atom is 0.311 e. The molecule has 0 aliphatic heterocycles. The van der Waals surface area contributed by atoms with Gasteiger partial charge in [0.15, 0.2) is 0 Å². The molecule has 7 nitrogen and oxygen atoms in total. The maximum absolute atomic E-state index is 12.8. The van der Waals surface area contributed by atoms with E-state index in [1.165, 1.54) is 0 Å². The van der Waals surface area contributed by atoms with Crippen LogP contribution in [0.5, 0.6) is 0 Å². The lowest BCUT2D eigenvalue weighted by Gasteiger charge is -2.31. The molecule has 3 aromatic heterocycles. The summed E-state index contributed by atoms with van der Waals surface area (Å²) in [5.74, 6) is -0.273. The van der Waals surface area contributed by atoms with Crippen LogP contribution in [0.2, 0.25) is 5.02 Å². The Kier molecular flexibility index (Phi) is 7.70. The molecule has 0 saturated carbocycles. The predicted molar refractivity (Wildman–Crippen MR) is 166 cm³/mol. The van der Waals surface area contributed by atoms with Gasteiger partial charge in [0.25, 0.3) is 0 Å². The quantitative estimate of drug-likeness (QED) is 0.185. The molecule has 0 bridgehead atoms. The molecule has 3 heterocycles. The van der Waals surface area contributed by atoms with E-state index in [0.717, 1.165) is 54.1 Å². The summed E-state index contributed by atoms with van der Waals surface area (Å²) in [5.41, 5.74) is 6.41. The largest absolute Gasteiger partial charge is 0.462 e. The number of hydrogen-bond donors (Lipinski definition) is 0. The van der Waals surface area contributed by atoms with Crippen molar-refractivity contribution in [1.29, 1.82) is 0 Å². The van der Waals surface area contributed by atoms with Crippen molar-refractivity contribution in [2.24, 2.45) is 12.5 Å². The number of nitrogens with zero attached hydrogens (tertiary/aromatic N) is 4. The highest BCUT2D eigenvalue weighted by Crippen LogP contribution is 2.44. The van der Waals surface area contributed by atoms with E-state index in [1.54, 1.807) is 17.5 Å². The van der Waals surface area contributed by atoms with Crippen LogP contribution in [0.15, 0.2) is 48.8 Å². The molecule has 1 atom stereocenters. The molecule has 0 fully saturated rings. The second kappa shape index (κ2) is 10.8. The average molecular weight is 591 g/mol. The number of carbonyl (C=O) groups is 1. The summed E-state index contributed by atoms with van der Waals surface area (Å²) in [4.78, 5) is 22.5. The van der Waals surface area contributed by atoms with Gasteiger partial charge in [-0.15, -0.1) is 11.3 Å². The molecule has 2 aromatic carbocycles. The minimum atomic E-state index is -0.625. The van der Waals surface area contributed by atoms with Gasteiger partial charge in [-0.3, -0.25) is 14.5 Å². The number of ether oxygens (including phenoxy) is 2. The zero-order chi connectivity index (χ0) is 29.7. The van der Waals surface area contributed by atoms with Crippen molar-refractivity contribution < 1.29 is 14.3 Å². The molecule has 5 aromatic rings. The van der Waals surface area contributed by atoms with Gasteiger partial charge >= 0.3 is 5.97 Å². The van der Waals surface area contributed by atoms with Crippen LogP contribution in [0.25, 0.3) is 42.9 Å². The van der Waals surface area contributed by atoms with Gasteiger partial charge in [-0.1, -0.05) is 23.7 Å². The van der Waals surface area contributed by atoms with E-state index in [4.69, 9.17) is 26.1 Å². The highest BCUT2D eigenvalue weighted by atomic mass is 35.5. The van der Waals surface area contributed by atoms with Gasteiger partial charge in [-0.2, -0.15) is 5.10 Å². The lowest BCUT2D eigenvalue weighted by atomic mass is 9.91. The first-order valence-electron chi connectivity index (χ1n) is 13.5. The number of aryl methyl sites for hydroxylation is 2. The number of thiazole rings is 1. The first-order valence-corrected chi connectivity index (χ1v) is 14.7. The van der Waals surface area contributed by atoms with Crippen LogP contribution in [0, 0.1) is 12.3 Å². The van der Waals surface area contributed by atoms with Gasteiger partial charge in [0.1, 0.15) is 23.2 Å². The summed E-state index contributed by atoms with van der Waals surface area (Å²) < 4.78 is 15.3. The molecule has 0 unspecified atom stereocenters. The number of esters is 1. The highest BCUT2D eigenvalue weighted by molar-refractivity contribution is 7.22. The number of benzene rings is 2. The standard InChI is InChI=1S/C32H35ClN4O3S/c1-18-13-22-28(41-29(36-22)20-14-24-23(34-15-20)16-35-37(24)8)27(19-9-11-21(33)12-10-19)26(18)25(40-32(5,6)7)17-39-30(38)31(2,3)4/h9-16,25H,17H2,1-8H3/t25-/m0/s1. The van der Waals surface area contributed by atoms with Crippen LogP contribution in [0.1, 0.15) is 58.8 Å². The Labute approximate surface area is 249 Å². The smallest absolute Gasteiger partial charge is 0.311 e. The fourth-order valence-corrected chi connectivity index (χ4v) is 6.00. The molecular formula is C32H35ClN4O3S. The normalized spacial score (nSPS) is 13.2. The molecule has 214 valence electrons. The van der Waals surface area contributed by atoms with E-state index in [0.29, 0.717) is 5.02 Å². The van der Waals surface area contributed by atoms with Crippen molar-refractivity contribution in [3.05, 3.63) is 64.9 Å². The fourth-order valence-electron chi connectivity index (χ4n) is 4.77. The Hall–Kier alpha value is -3.33. The second-order valence-corrected chi connectivity index (χ2v) is 13.8. The Balaban J connectivity index is 1.72. The third-order valence-corrected chi connectivity index (χ3v) is 8.09. The van der Waals surface area contributed by atoms with Crippen molar-refractivity contribution in [2.75, 3.05) is 6.61 Å². The minimum Gasteiger partial charge on any atom is -0.462 e. The van der Waals surface area contributed by atoms with Crippen molar-refractivity contribution in [1.82, 2.24) is 19.7 Å². The van der Waals surface area contributed by atoms with Crippen molar-refractivity contribution in [3.63, 3.8) is 0 Å². The van der Waals surface area contributed by atoms with E-state index in [-0.39, 0.29) is 12.6 Å². The lowest BCUT2D eigenvalue weighted by Crippen LogP contribution is -2.30. The fraction of sp³-hybridized carbons (Fsp3) is 0.375. The topological polar surface area (TPSA) is 79.1 Å². The molecule has 5 rings (SSSR count). The van der Waals surface area contributed by atoms with E-state index >= 15 is 0 Å². The van der Waals surface area contributed by atoms with Crippen LogP contribution in [-0.2, 0) is 21.3 Å². The van der Waals surface area contributed by atoms with Crippen molar-refractivity contribution in [2.45, 2.75) is 60.2 Å². The number of pyridine rings is 1. The maximum atomic E-state index is 12.8. The van der Waals surface area contributed by atoms with Crippen LogP contribution in [0.3, 0.4) is 0 Å². The van der Waals surface area contributed by atoms with Gasteiger partial charge in [0.2, 0.25) is 0 Å². The molecule has 0 aliphatic rings. The van der Waals surface area contributed by atoms with Gasteiger partial charge in [0, 0.05) is 29.4 Å². The Bertz CT molecular complexity index is 1740. The summed E-state index contributed by atoms with van der Waals surface area (Å²) in [7, 11) is 1.91. The first kappa shape index (κ1) is 29.2. The zero-order valence-electron chi connectivity index (χ0n) is 24.7. The Morgan fingerprint density at radius 2 is 1.73 bits per heavy atom. The number of carbonyl (C=O) groups excluding carboxylic acids is 1. The Morgan fingerprint density at radius 3 is 2.39 bits per heavy atom. The summed E-state index contributed by atoms with van der Waals surface area (Å²) in [6, 6.07) is 12.0. The molecular weight excluding hydrogens is 556 g/mol. The summed E-state index contributed by atoms with van der Waals surface area (Å²) in [6.07, 6.45) is 3.09. The average Bonchev–Trinajstić information content (AvgIpc) is 3.48. The molecule has 0 radical (unpaired) electrons. The Morgan fingerprint density at radius 1 is 1.02 bits per heavy atom. The predicted octanol–water partition coefficient (Wildman–Crippen LogP) is 8.32. The second-order valence-electron chi connectivity index (χ2n) is 12.3. The summed E-state index contributed by atoms with van der Waals surface area (Å²) in [5, 5.41) is 5.84. The number of halogens is 1. The van der Waals surface area contributed by atoms with E-state index in [2.05, 4.69) is 29.1 Å². The number of rotatable bonds is 6. The third-order valence-electron chi connectivity index (χ3n) is 6.70. The van der Waals surface area contributed by atoms with Gasteiger partial charge < -0.3 is 9.47 Å². The number of fused-ring (bicyclic) bond motifs is 2. The highest BCUT2D eigenvalue weighted by Gasteiger charge is 2.31. The molecule has 9 heteroatoms. The number of hydrogen-bond acceptors (Lipinski definition) is 7. The third kappa shape index (κ3) is 6.15. The van der Waals surface area contributed by atoms with Gasteiger partial charge in [-0.05, 0) is 89.4 Å². The molecule has 0 spiro atoms. The van der Waals surface area contributed by atoms with E-state index in [9.17, 15) is 4.79 Å². The van der Waals surface area contributed by atoms with Crippen LogP contribution in [0.4, 0.5) is 0 Å². The monoisotopic (exact) mass is 590 g/mol. The van der Waals surface area contributed by atoms with Gasteiger partial charge in [-0.25, -0.2) is 4.98 Å². The molecule has 0 N–H and O–H groups in total. The lowest BCUT2D eigenvalue weighted by molar-refractivity contribution is -0.162. The van der Waals surface area contributed by atoms with Crippen molar-refractivity contribution in [3.8, 4) is 21.7 Å². The van der Waals surface area contributed by atoms with Crippen LogP contribution < -0.4 is 0 Å². The summed E-state index contributed by atoms with van der Waals surface area (Å²) >= 11 is 7.90. The van der Waals surface area contributed by atoms with Crippen molar-refractivity contribution >= 4 is 50.2 Å². The zero-order valence-corrected chi connectivity index (χ0v) is 26.3. The minimum absolute atomic E-state index is 0.0903. The summed E-state index contributed by atoms with van der Waals surface area (Å²) in [6.45, 7) is 13.7.